The number of nitrogens with one attached hydrogen (secondary N) is 2. The Morgan fingerprint density at radius 2 is 2.00 bits per heavy atom. The molecule has 202 valence electrons. The largest absolute Gasteiger partial charge is 0.485 e. The summed E-state index contributed by atoms with van der Waals surface area (Å²) in [6.07, 6.45) is -0.500. The predicted octanol–water partition coefficient (Wildman–Crippen LogP) is 2.25. The first-order valence-corrected chi connectivity index (χ1v) is 12.5. The van der Waals surface area contributed by atoms with Crippen LogP contribution in [-0.4, -0.2) is 87.5 Å². The van der Waals surface area contributed by atoms with E-state index < -0.39 is 18.1 Å². The number of urea groups is 1. The fourth-order valence-corrected chi connectivity index (χ4v) is 4.28. The number of benzene rings is 1. The minimum absolute atomic E-state index is 0.0256. The van der Waals surface area contributed by atoms with Crippen LogP contribution < -0.4 is 15.4 Å². The monoisotopic (exact) mass is 514 g/mol. The maximum absolute atomic E-state index is 13.6. The SMILES string of the molecule is Cc1cc(C(=O)Nc2cccc3c2O[C@@H](CN(C)C(=O)NC(C)C)[C@H](C)CN([C@H](C)CO)C3=O)n(C)n1. The number of amides is 4. The minimum Gasteiger partial charge on any atom is -0.485 e. The third-order valence-electron chi connectivity index (χ3n) is 6.39. The molecule has 11 heteroatoms. The van der Waals surface area contributed by atoms with Gasteiger partial charge in [-0.05, 0) is 45.9 Å². The maximum atomic E-state index is 13.6. The van der Waals surface area contributed by atoms with Crippen LogP contribution in [0.1, 0.15) is 54.2 Å². The van der Waals surface area contributed by atoms with Gasteiger partial charge < -0.3 is 30.3 Å². The number of aromatic nitrogens is 2. The van der Waals surface area contributed by atoms with Crippen LogP contribution in [0.25, 0.3) is 0 Å². The summed E-state index contributed by atoms with van der Waals surface area (Å²) in [7, 11) is 3.37. The molecule has 1 aromatic heterocycles. The molecule has 0 saturated heterocycles. The lowest BCUT2D eigenvalue weighted by Gasteiger charge is -2.38. The summed E-state index contributed by atoms with van der Waals surface area (Å²) in [6, 6.07) is 5.96. The van der Waals surface area contributed by atoms with Crippen molar-refractivity contribution in [1.29, 1.82) is 0 Å². The van der Waals surface area contributed by atoms with Gasteiger partial charge in [0.15, 0.2) is 5.75 Å². The lowest BCUT2D eigenvalue weighted by molar-refractivity contribution is 0.0368. The molecule has 0 spiro atoms. The Bertz CT molecular complexity index is 1150. The first-order chi connectivity index (χ1) is 17.4. The molecule has 3 rings (SSSR count). The maximum Gasteiger partial charge on any atom is 0.317 e. The Kier molecular flexibility index (Phi) is 8.80. The molecule has 2 heterocycles. The molecule has 3 atom stereocenters. The van der Waals surface area contributed by atoms with Crippen molar-refractivity contribution >= 4 is 23.5 Å². The van der Waals surface area contributed by atoms with Crippen molar-refractivity contribution in [1.82, 2.24) is 24.9 Å². The summed E-state index contributed by atoms with van der Waals surface area (Å²) in [5.74, 6) is -0.665. The highest BCUT2D eigenvalue weighted by atomic mass is 16.5. The quantitative estimate of drug-likeness (QED) is 0.520. The second-order valence-corrected chi connectivity index (χ2v) is 10.0. The number of aliphatic hydroxyl groups excluding tert-OH is 1. The van der Waals surface area contributed by atoms with Crippen molar-refractivity contribution in [3.8, 4) is 5.75 Å². The molecule has 0 saturated carbocycles. The number of likely N-dealkylation sites (N-methyl/N-ethyl adjacent to an activating group) is 1. The van der Waals surface area contributed by atoms with Gasteiger partial charge in [-0.15, -0.1) is 0 Å². The Balaban J connectivity index is 2.02. The molecule has 0 bridgehead atoms. The van der Waals surface area contributed by atoms with Crippen LogP contribution in [-0.2, 0) is 7.05 Å². The Morgan fingerprint density at radius 3 is 2.59 bits per heavy atom. The third-order valence-corrected chi connectivity index (χ3v) is 6.39. The fraction of sp³-hybridized carbons (Fsp3) is 0.538. The molecule has 1 aromatic carbocycles. The number of hydrogen-bond donors (Lipinski definition) is 3. The van der Waals surface area contributed by atoms with Crippen LogP contribution in [0.15, 0.2) is 24.3 Å². The highest BCUT2D eigenvalue weighted by Crippen LogP contribution is 2.35. The second-order valence-electron chi connectivity index (χ2n) is 10.0. The highest BCUT2D eigenvalue weighted by Gasteiger charge is 2.35. The fourth-order valence-electron chi connectivity index (χ4n) is 4.28. The molecule has 0 radical (unpaired) electrons. The van der Waals surface area contributed by atoms with E-state index in [-0.39, 0.29) is 48.4 Å². The molecular formula is C26H38N6O5. The number of nitrogens with zero attached hydrogens (tertiary/aromatic N) is 4. The van der Waals surface area contributed by atoms with Crippen LogP contribution in [0.2, 0.25) is 0 Å². The van der Waals surface area contributed by atoms with Gasteiger partial charge in [0.05, 0.1) is 36.1 Å². The summed E-state index contributed by atoms with van der Waals surface area (Å²) in [4.78, 5) is 42.4. The number of hydrogen-bond acceptors (Lipinski definition) is 6. The van der Waals surface area contributed by atoms with E-state index in [1.54, 1.807) is 62.0 Å². The van der Waals surface area contributed by atoms with Gasteiger partial charge in [-0.3, -0.25) is 14.3 Å². The zero-order valence-electron chi connectivity index (χ0n) is 22.6. The number of carbonyl (C=O) groups is 3. The van der Waals surface area contributed by atoms with E-state index in [0.717, 1.165) is 0 Å². The van der Waals surface area contributed by atoms with E-state index >= 15 is 0 Å². The average molecular weight is 515 g/mol. The van der Waals surface area contributed by atoms with E-state index in [2.05, 4.69) is 15.7 Å². The number of ether oxygens (including phenoxy) is 1. The lowest BCUT2D eigenvalue weighted by Crippen LogP contribution is -2.51. The van der Waals surface area contributed by atoms with Crippen LogP contribution in [0.3, 0.4) is 0 Å². The number of aliphatic hydroxyl groups is 1. The van der Waals surface area contributed by atoms with Crippen LogP contribution in [0.5, 0.6) is 5.75 Å². The number of aryl methyl sites for hydroxylation is 2. The molecule has 0 aliphatic carbocycles. The number of fused-ring (bicyclic) bond motifs is 1. The summed E-state index contributed by atoms with van der Waals surface area (Å²) in [5, 5.41) is 19.8. The molecule has 37 heavy (non-hydrogen) atoms. The van der Waals surface area contributed by atoms with E-state index in [1.807, 2.05) is 20.8 Å². The zero-order valence-corrected chi connectivity index (χ0v) is 22.6. The molecule has 2 aromatic rings. The normalized spacial score (nSPS) is 18.4. The standard InChI is InChI=1S/C26H38N6O5/c1-15(2)27-26(36)30(6)13-22-16(3)12-32(18(5)14-33)25(35)19-9-8-10-20(23(19)37-22)28-24(34)21-11-17(4)29-31(21)7/h8-11,15-16,18,22,33H,12-14H2,1-7H3,(H,27,36)(H,28,34)/t16-,18-,22+/m1/s1. The van der Waals surface area contributed by atoms with Crippen LogP contribution in [0.4, 0.5) is 10.5 Å². The molecular weight excluding hydrogens is 476 g/mol. The van der Waals surface area contributed by atoms with Crippen molar-refractivity contribution in [2.24, 2.45) is 13.0 Å². The van der Waals surface area contributed by atoms with E-state index in [0.29, 0.717) is 23.6 Å². The van der Waals surface area contributed by atoms with Gasteiger partial charge in [-0.25, -0.2) is 4.79 Å². The molecule has 1 aliphatic heterocycles. The smallest absolute Gasteiger partial charge is 0.317 e. The highest BCUT2D eigenvalue weighted by molar-refractivity contribution is 6.06. The molecule has 0 unspecified atom stereocenters. The van der Waals surface area contributed by atoms with Crippen molar-refractivity contribution in [2.75, 3.05) is 32.1 Å². The molecule has 4 amide bonds. The first-order valence-electron chi connectivity index (χ1n) is 12.5. The summed E-state index contributed by atoms with van der Waals surface area (Å²) in [6.45, 7) is 9.66. The Hall–Kier alpha value is -3.60. The van der Waals surface area contributed by atoms with Gasteiger partial charge in [0, 0.05) is 32.6 Å². The number of para-hydroxylation sites is 1. The number of carbonyl (C=O) groups excluding carboxylic acids is 3. The number of anilines is 1. The molecule has 11 nitrogen and oxygen atoms in total. The van der Waals surface area contributed by atoms with Gasteiger partial charge >= 0.3 is 6.03 Å². The Morgan fingerprint density at radius 1 is 1.30 bits per heavy atom. The van der Waals surface area contributed by atoms with Crippen molar-refractivity contribution in [3.05, 3.63) is 41.2 Å². The summed E-state index contributed by atoms with van der Waals surface area (Å²) < 4.78 is 7.93. The van der Waals surface area contributed by atoms with E-state index in [9.17, 15) is 19.5 Å². The summed E-state index contributed by atoms with van der Waals surface area (Å²) >= 11 is 0. The average Bonchev–Trinajstić information content (AvgIpc) is 3.18. The van der Waals surface area contributed by atoms with Gasteiger partial charge in [-0.1, -0.05) is 13.0 Å². The van der Waals surface area contributed by atoms with Crippen molar-refractivity contribution in [2.45, 2.75) is 52.8 Å². The number of rotatable bonds is 7. The van der Waals surface area contributed by atoms with E-state index in [4.69, 9.17) is 4.74 Å². The van der Waals surface area contributed by atoms with Gasteiger partial charge in [0.25, 0.3) is 11.8 Å². The Labute approximate surface area is 217 Å². The van der Waals surface area contributed by atoms with Crippen LogP contribution >= 0.6 is 0 Å². The third kappa shape index (κ3) is 6.40. The molecule has 3 N–H and O–H groups in total. The molecule has 1 aliphatic rings. The first kappa shape index (κ1) is 28.0. The lowest BCUT2D eigenvalue weighted by atomic mass is 9.99. The predicted molar refractivity (Wildman–Crippen MR) is 140 cm³/mol. The zero-order chi connectivity index (χ0) is 27.4. The topological polar surface area (TPSA) is 129 Å². The summed E-state index contributed by atoms with van der Waals surface area (Å²) in [5.41, 5.74) is 1.66. The van der Waals surface area contributed by atoms with Gasteiger partial charge in [0.1, 0.15) is 11.8 Å². The van der Waals surface area contributed by atoms with Gasteiger partial charge in [0.2, 0.25) is 0 Å². The minimum atomic E-state index is -0.500. The van der Waals surface area contributed by atoms with E-state index in [1.165, 1.54) is 4.68 Å². The van der Waals surface area contributed by atoms with Crippen molar-refractivity contribution < 1.29 is 24.2 Å². The van der Waals surface area contributed by atoms with Crippen molar-refractivity contribution in [3.63, 3.8) is 0 Å². The molecule has 0 fully saturated rings. The second kappa shape index (κ2) is 11.6. The van der Waals surface area contributed by atoms with Gasteiger partial charge in [-0.2, -0.15) is 5.10 Å². The van der Waals surface area contributed by atoms with Crippen LogP contribution in [0, 0.1) is 12.8 Å².